The van der Waals surface area contributed by atoms with Crippen molar-refractivity contribution in [1.29, 1.82) is 0 Å². The number of aryl methyl sites for hydroxylation is 2. The maximum atomic E-state index is 13.3. The summed E-state index contributed by atoms with van der Waals surface area (Å²) in [4.78, 5) is 0.297. The van der Waals surface area contributed by atoms with E-state index in [4.69, 9.17) is 4.52 Å². The van der Waals surface area contributed by atoms with Crippen LogP contribution in [0, 0.1) is 20.8 Å². The molecule has 0 saturated heterocycles. The molecule has 0 aliphatic rings. The average Bonchev–Trinajstić information content (AvgIpc) is 2.99. The Morgan fingerprint density at radius 1 is 1.04 bits per heavy atom. The molecule has 3 rings (SSSR count). The van der Waals surface area contributed by atoms with E-state index in [0.29, 0.717) is 34.9 Å². The molecule has 0 unspecified atom stereocenters. The normalized spacial score (nSPS) is 11.9. The van der Waals surface area contributed by atoms with Gasteiger partial charge >= 0.3 is 0 Å². The molecule has 1 aromatic heterocycles. The van der Waals surface area contributed by atoms with Crippen LogP contribution in [0.2, 0.25) is 0 Å². The van der Waals surface area contributed by atoms with Gasteiger partial charge in [0, 0.05) is 24.2 Å². The lowest BCUT2D eigenvalue weighted by molar-refractivity contribution is 0.422. The first kappa shape index (κ1) is 19.3. The van der Waals surface area contributed by atoms with E-state index in [0.717, 1.165) is 16.8 Å². The van der Waals surface area contributed by atoms with Gasteiger partial charge in [0.2, 0.25) is 10.0 Å². The van der Waals surface area contributed by atoms with Crippen LogP contribution >= 0.6 is 0 Å². The fourth-order valence-corrected chi connectivity index (χ4v) is 4.68. The Labute approximate surface area is 160 Å². The predicted molar refractivity (Wildman–Crippen MR) is 106 cm³/mol. The number of nitrogens with zero attached hydrogens (tertiary/aromatic N) is 2. The predicted octanol–water partition coefficient (Wildman–Crippen LogP) is 4.48. The molecule has 0 aliphatic heterocycles. The molecule has 3 aromatic rings. The highest BCUT2D eigenvalue weighted by Gasteiger charge is 2.26. The molecular formula is C21H24N2O3S. The van der Waals surface area contributed by atoms with Crippen LogP contribution in [-0.2, 0) is 16.6 Å². The molecule has 142 valence electrons. The summed E-state index contributed by atoms with van der Waals surface area (Å²) in [7, 11) is -3.65. The average molecular weight is 385 g/mol. The number of rotatable bonds is 6. The minimum absolute atomic E-state index is 0.297. The van der Waals surface area contributed by atoms with Gasteiger partial charge in [-0.2, -0.15) is 4.31 Å². The summed E-state index contributed by atoms with van der Waals surface area (Å²) < 4.78 is 33.6. The molecule has 0 fully saturated rings. The van der Waals surface area contributed by atoms with E-state index in [-0.39, 0.29) is 0 Å². The van der Waals surface area contributed by atoms with Gasteiger partial charge < -0.3 is 4.52 Å². The second kappa shape index (κ2) is 7.66. The molecule has 0 bridgehead atoms. The Morgan fingerprint density at radius 2 is 1.74 bits per heavy atom. The van der Waals surface area contributed by atoms with Gasteiger partial charge in [-0.15, -0.1) is 0 Å². The van der Waals surface area contributed by atoms with E-state index in [1.165, 1.54) is 4.31 Å². The van der Waals surface area contributed by atoms with Gasteiger partial charge in [0.15, 0.2) is 5.76 Å². The lowest BCUT2D eigenvalue weighted by atomic mass is 10.1. The molecule has 0 N–H and O–H groups in total. The van der Waals surface area contributed by atoms with E-state index < -0.39 is 10.0 Å². The molecule has 2 aromatic carbocycles. The second-order valence-electron chi connectivity index (χ2n) is 6.62. The lowest BCUT2D eigenvalue weighted by Crippen LogP contribution is -2.31. The summed E-state index contributed by atoms with van der Waals surface area (Å²) in [5.41, 5.74) is 4.10. The molecule has 1 heterocycles. The SMILES string of the molecule is CCN(Cc1ccccc1)S(=O)(=O)c1cc(-c2onc(C)c2C)ccc1C. The van der Waals surface area contributed by atoms with Crippen molar-refractivity contribution in [2.24, 2.45) is 0 Å². The van der Waals surface area contributed by atoms with Crippen LogP contribution in [0.25, 0.3) is 11.3 Å². The summed E-state index contributed by atoms with van der Waals surface area (Å²) >= 11 is 0. The molecule has 0 spiro atoms. The monoisotopic (exact) mass is 384 g/mol. The van der Waals surface area contributed by atoms with Gasteiger partial charge in [0.25, 0.3) is 0 Å². The first-order chi connectivity index (χ1) is 12.8. The number of benzene rings is 2. The van der Waals surface area contributed by atoms with E-state index >= 15 is 0 Å². The molecule has 5 nitrogen and oxygen atoms in total. The first-order valence-corrected chi connectivity index (χ1v) is 10.4. The first-order valence-electron chi connectivity index (χ1n) is 8.92. The zero-order valence-electron chi connectivity index (χ0n) is 16.1. The van der Waals surface area contributed by atoms with E-state index in [1.54, 1.807) is 6.07 Å². The third kappa shape index (κ3) is 3.82. The zero-order valence-corrected chi connectivity index (χ0v) is 16.9. The van der Waals surface area contributed by atoms with Crippen LogP contribution in [0.5, 0.6) is 0 Å². The van der Waals surface area contributed by atoms with Crippen molar-refractivity contribution in [3.05, 3.63) is 70.9 Å². The summed E-state index contributed by atoms with van der Waals surface area (Å²) in [5, 5.41) is 3.98. The Balaban J connectivity index is 2.02. The Kier molecular flexibility index (Phi) is 5.48. The maximum Gasteiger partial charge on any atom is 0.243 e. The van der Waals surface area contributed by atoms with Crippen LogP contribution in [0.3, 0.4) is 0 Å². The number of aromatic nitrogens is 1. The van der Waals surface area contributed by atoms with Crippen LogP contribution in [0.4, 0.5) is 0 Å². The molecule has 0 amide bonds. The van der Waals surface area contributed by atoms with Crippen molar-refractivity contribution in [3.63, 3.8) is 0 Å². The van der Waals surface area contributed by atoms with Gasteiger partial charge in [0.1, 0.15) is 0 Å². The summed E-state index contributed by atoms with van der Waals surface area (Å²) in [6, 6.07) is 15.0. The minimum atomic E-state index is -3.65. The highest BCUT2D eigenvalue weighted by molar-refractivity contribution is 7.89. The number of sulfonamides is 1. The molecular weight excluding hydrogens is 360 g/mol. The maximum absolute atomic E-state index is 13.3. The summed E-state index contributed by atoms with van der Waals surface area (Å²) in [6.45, 7) is 8.18. The molecule has 0 atom stereocenters. The minimum Gasteiger partial charge on any atom is -0.356 e. The fraction of sp³-hybridized carbons (Fsp3) is 0.286. The summed E-state index contributed by atoms with van der Waals surface area (Å²) in [6.07, 6.45) is 0. The van der Waals surface area contributed by atoms with Crippen molar-refractivity contribution >= 4 is 10.0 Å². The molecule has 6 heteroatoms. The van der Waals surface area contributed by atoms with Crippen molar-refractivity contribution in [2.75, 3.05) is 6.54 Å². The van der Waals surface area contributed by atoms with Gasteiger partial charge in [-0.1, -0.05) is 54.5 Å². The Morgan fingerprint density at radius 3 is 2.33 bits per heavy atom. The van der Waals surface area contributed by atoms with Gasteiger partial charge in [-0.05, 0) is 38.0 Å². The molecule has 27 heavy (non-hydrogen) atoms. The molecule has 0 saturated carbocycles. The lowest BCUT2D eigenvalue weighted by Gasteiger charge is -2.22. The number of hydrogen-bond donors (Lipinski definition) is 0. The Hall–Kier alpha value is -2.44. The molecule has 0 aliphatic carbocycles. The summed E-state index contributed by atoms with van der Waals surface area (Å²) in [5.74, 6) is 0.607. The molecule has 0 radical (unpaired) electrons. The second-order valence-corrected chi connectivity index (χ2v) is 8.53. The standard InChI is InChI=1S/C21H24N2O3S/c1-5-23(14-18-9-7-6-8-10-18)27(24,25)20-13-19(12-11-15(20)2)21-16(3)17(4)22-26-21/h6-13H,5,14H2,1-4H3. The largest absolute Gasteiger partial charge is 0.356 e. The third-order valence-corrected chi connectivity index (χ3v) is 6.84. The highest BCUT2D eigenvalue weighted by atomic mass is 32.2. The van der Waals surface area contributed by atoms with Crippen molar-refractivity contribution in [2.45, 2.75) is 39.1 Å². The van der Waals surface area contributed by atoms with Crippen LogP contribution < -0.4 is 0 Å². The van der Waals surface area contributed by atoms with Gasteiger partial charge in [-0.3, -0.25) is 0 Å². The van der Waals surface area contributed by atoms with Crippen molar-refractivity contribution in [1.82, 2.24) is 9.46 Å². The zero-order chi connectivity index (χ0) is 19.6. The van der Waals surface area contributed by atoms with Gasteiger partial charge in [0.05, 0.1) is 10.6 Å². The van der Waals surface area contributed by atoms with E-state index in [2.05, 4.69) is 5.16 Å². The van der Waals surface area contributed by atoms with Crippen LogP contribution in [-0.4, -0.2) is 24.4 Å². The van der Waals surface area contributed by atoms with Crippen molar-refractivity contribution in [3.8, 4) is 11.3 Å². The smallest absolute Gasteiger partial charge is 0.243 e. The van der Waals surface area contributed by atoms with Gasteiger partial charge in [-0.25, -0.2) is 8.42 Å². The third-order valence-electron chi connectivity index (χ3n) is 4.78. The van der Waals surface area contributed by atoms with E-state index in [9.17, 15) is 8.42 Å². The quantitative estimate of drug-likeness (QED) is 0.629. The van der Waals surface area contributed by atoms with Crippen LogP contribution in [0.1, 0.15) is 29.3 Å². The number of hydrogen-bond acceptors (Lipinski definition) is 4. The van der Waals surface area contributed by atoms with E-state index in [1.807, 2.05) is 70.2 Å². The topological polar surface area (TPSA) is 63.4 Å². The highest BCUT2D eigenvalue weighted by Crippen LogP contribution is 2.30. The van der Waals surface area contributed by atoms with Crippen molar-refractivity contribution < 1.29 is 12.9 Å². The van der Waals surface area contributed by atoms with Crippen LogP contribution in [0.15, 0.2) is 57.9 Å². The fourth-order valence-electron chi connectivity index (χ4n) is 3.00. The Bertz CT molecular complexity index is 1040.